The van der Waals surface area contributed by atoms with Gasteiger partial charge < -0.3 is 16.0 Å². The molecule has 6 nitrogen and oxygen atoms in total. The van der Waals surface area contributed by atoms with Crippen LogP contribution in [0.3, 0.4) is 0 Å². The topological polar surface area (TPSA) is 84.1 Å². The van der Waals surface area contributed by atoms with Gasteiger partial charge in [-0.1, -0.05) is 58.3 Å². The number of piperidine rings is 1. The van der Waals surface area contributed by atoms with Crippen LogP contribution in [0.2, 0.25) is 0 Å². The number of nitrogens with one attached hydrogen (secondary N) is 1. The lowest BCUT2D eigenvalue weighted by atomic mass is 10.0. The van der Waals surface area contributed by atoms with E-state index in [0.717, 1.165) is 31.7 Å². The molecule has 0 aromatic carbocycles. The van der Waals surface area contributed by atoms with Crippen molar-refractivity contribution < 1.29 is 4.79 Å². The van der Waals surface area contributed by atoms with E-state index >= 15 is 0 Å². The molecule has 1 amide bonds. The third kappa shape index (κ3) is 6.08. The van der Waals surface area contributed by atoms with Crippen LogP contribution < -0.4 is 16.0 Å². The zero-order chi connectivity index (χ0) is 19.8. The number of nitrogens with zero attached hydrogens (tertiary/aromatic N) is 3. The second-order valence-electron chi connectivity index (χ2n) is 8.73. The first-order chi connectivity index (χ1) is 13.6. The van der Waals surface area contributed by atoms with Gasteiger partial charge in [0.2, 0.25) is 0 Å². The molecule has 0 radical (unpaired) electrons. The summed E-state index contributed by atoms with van der Waals surface area (Å²) in [5.74, 6) is 1.58. The van der Waals surface area contributed by atoms with E-state index in [1.54, 1.807) is 6.20 Å². The van der Waals surface area contributed by atoms with Gasteiger partial charge in [0.25, 0.3) is 5.91 Å². The maximum Gasteiger partial charge on any atom is 0.271 e. The van der Waals surface area contributed by atoms with Crippen molar-refractivity contribution in [2.75, 3.05) is 23.3 Å². The monoisotopic (exact) mass is 387 g/mol. The Kier molecular flexibility index (Phi) is 7.92. The zero-order valence-electron chi connectivity index (χ0n) is 17.5. The van der Waals surface area contributed by atoms with Crippen LogP contribution in [0.5, 0.6) is 0 Å². The number of aromatic nitrogens is 2. The minimum absolute atomic E-state index is 0.267. The van der Waals surface area contributed by atoms with E-state index in [9.17, 15) is 4.79 Å². The standard InChI is InChI=1S/C22H37N5O/c1-17-11-10-14-27(16-17)19-15-24-20(21(23)28)22(26-19)25-18-12-8-6-4-2-3-5-7-9-13-18/h15,17-18H,2-14,16H2,1H3,(H2,23,28)(H,25,26)/t17-/m1/s1. The van der Waals surface area contributed by atoms with Crippen LogP contribution in [-0.4, -0.2) is 35.0 Å². The molecule has 156 valence electrons. The number of carbonyl (C=O) groups is 1. The Morgan fingerprint density at radius 2 is 1.68 bits per heavy atom. The summed E-state index contributed by atoms with van der Waals surface area (Å²) in [6.45, 7) is 4.27. The van der Waals surface area contributed by atoms with Crippen LogP contribution in [0, 0.1) is 5.92 Å². The fraction of sp³-hybridized carbons (Fsp3) is 0.773. The van der Waals surface area contributed by atoms with Crippen molar-refractivity contribution in [1.82, 2.24) is 9.97 Å². The first-order valence-corrected chi connectivity index (χ1v) is 11.3. The van der Waals surface area contributed by atoms with Gasteiger partial charge in [0.05, 0.1) is 6.20 Å². The van der Waals surface area contributed by atoms with E-state index in [0.29, 0.717) is 17.8 Å². The summed E-state index contributed by atoms with van der Waals surface area (Å²) >= 11 is 0. The maximum atomic E-state index is 11.9. The molecule has 2 fully saturated rings. The lowest BCUT2D eigenvalue weighted by molar-refractivity contribution is 0.0996. The molecule has 1 saturated carbocycles. The molecule has 3 N–H and O–H groups in total. The summed E-state index contributed by atoms with van der Waals surface area (Å²) in [5, 5.41) is 3.56. The number of nitrogens with two attached hydrogens (primary N) is 1. The van der Waals surface area contributed by atoms with Crippen molar-refractivity contribution in [2.24, 2.45) is 11.7 Å². The largest absolute Gasteiger partial charge is 0.365 e. The first-order valence-electron chi connectivity index (χ1n) is 11.3. The predicted molar refractivity (Wildman–Crippen MR) is 115 cm³/mol. The van der Waals surface area contributed by atoms with E-state index in [-0.39, 0.29) is 5.69 Å². The Morgan fingerprint density at radius 1 is 1.04 bits per heavy atom. The molecular formula is C22H37N5O. The van der Waals surface area contributed by atoms with Gasteiger partial charge in [-0.2, -0.15) is 0 Å². The Bertz CT molecular complexity index is 623. The van der Waals surface area contributed by atoms with Gasteiger partial charge in [-0.05, 0) is 31.6 Å². The summed E-state index contributed by atoms with van der Waals surface area (Å²) in [6.07, 6.45) is 16.8. The minimum atomic E-state index is -0.509. The zero-order valence-corrected chi connectivity index (χ0v) is 17.5. The fourth-order valence-corrected chi connectivity index (χ4v) is 4.53. The lowest BCUT2D eigenvalue weighted by Gasteiger charge is -2.32. The van der Waals surface area contributed by atoms with Gasteiger partial charge in [-0.15, -0.1) is 0 Å². The van der Waals surface area contributed by atoms with E-state index < -0.39 is 5.91 Å². The quantitative estimate of drug-likeness (QED) is 0.794. The molecule has 0 spiro atoms. The normalized spacial score (nSPS) is 23.0. The molecule has 1 aromatic rings. The Balaban J connectivity index is 1.75. The number of amides is 1. The SMILES string of the molecule is C[C@@H]1CCCN(c2cnc(C(N)=O)c(NC3CCCCCCCCCC3)n2)C1. The molecule has 1 aromatic heterocycles. The van der Waals surface area contributed by atoms with Crippen LogP contribution in [0.4, 0.5) is 11.6 Å². The summed E-state index contributed by atoms with van der Waals surface area (Å²) in [5.41, 5.74) is 5.86. The first kappa shape index (κ1) is 20.9. The second-order valence-corrected chi connectivity index (χ2v) is 8.73. The summed E-state index contributed by atoms with van der Waals surface area (Å²) in [7, 11) is 0. The molecule has 3 rings (SSSR count). The lowest BCUT2D eigenvalue weighted by Crippen LogP contribution is -2.35. The molecule has 1 aliphatic carbocycles. The number of carbonyl (C=O) groups excluding carboxylic acids is 1. The average Bonchev–Trinajstić information content (AvgIpc) is 2.74. The van der Waals surface area contributed by atoms with Crippen molar-refractivity contribution in [3.05, 3.63) is 11.9 Å². The van der Waals surface area contributed by atoms with Gasteiger partial charge in [-0.3, -0.25) is 4.79 Å². The van der Waals surface area contributed by atoms with Crippen molar-refractivity contribution in [3.8, 4) is 0 Å². The molecule has 1 atom stereocenters. The van der Waals surface area contributed by atoms with Crippen LogP contribution in [-0.2, 0) is 0 Å². The van der Waals surface area contributed by atoms with Crippen LogP contribution in [0.15, 0.2) is 6.20 Å². The molecular weight excluding hydrogens is 350 g/mol. The molecule has 2 heterocycles. The Labute approximate surface area is 169 Å². The van der Waals surface area contributed by atoms with Crippen LogP contribution >= 0.6 is 0 Å². The average molecular weight is 388 g/mol. The summed E-state index contributed by atoms with van der Waals surface area (Å²) in [4.78, 5) is 23.4. The number of primary amides is 1. The molecule has 6 heteroatoms. The predicted octanol–water partition coefficient (Wildman–Crippen LogP) is 4.51. The van der Waals surface area contributed by atoms with Gasteiger partial charge in [0.1, 0.15) is 5.82 Å². The minimum Gasteiger partial charge on any atom is -0.365 e. The van der Waals surface area contributed by atoms with Crippen LogP contribution in [0.25, 0.3) is 0 Å². The Morgan fingerprint density at radius 3 is 2.29 bits per heavy atom. The summed E-state index contributed by atoms with van der Waals surface area (Å²) in [6, 6.07) is 0.334. The van der Waals surface area contributed by atoms with Crippen molar-refractivity contribution >= 4 is 17.5 Å². The number of rotatable bonds is 4. The fourth-order valence-electron chi connectivity index (χ4n) is 4.53. The third-order valence-electron chi connectivity index (χ3n) is 6.17. The molecule has 1 aliphatic heterocycles. The number of anilines is 2. The summed E-state index contributed by atoms with van der Waals surface area (Å²) < 4.78 is 0. The number of hydrogen-bond donors (Lipinski definition) is 2. The van der Waals surface area contributed by atoms with Crippen LogP contribution in [0.1, 0.15) is 94.5 Å². The highest BCUT2D eigenvalue weighted by Gasteiger charge is 2.22. The van der Waals surface area contributed by atoms with Gasteiger partial charge >= 0.3 is 0 Å². The molecule has 0 bridgehead atoms. The molecule has 1 saturated heterocycles. The molecule has 28 heavy (non-hydrogen) atoms. The van der Waals surface area contributed by atoms with Crippen molar-refractivity contribution in [1.29, 1.82) is 0 Å². The number of hydrogen-bond acceptors (Lipinski definition) is 5. The molecule has 0 unspecified atom stereocenters. The maximum absolute atomic E-state index is 11.9. The highest BCUT2D eigenvalue weighted by Crippen LogP contribution is 2.25. The highest BCUT2D eigenvalue weighted by molar-refractivity contribution is 5.95. The van der Waals surface area contributed by atoms with Gasteiger partial charge in [-0.25, -0.2) is 9.97 Å². The van der Waals surface area contributed by atoms with Gasteiger partial charge in [0.15, 0.2) is 11.5 Å². The van der Waals surface area contributed by atoms with Crippen molar-refractivity contribution in [2.45, 2.75) is 90.0 Å². The van der Waals surface area contributed by atoms with E-state index in [2.05, 4.69) is 22.1 Å². The Hall–Kier alpha value is -1.85. The van der Waals surface area contributed by atoms with E-state index in [1.165, 1.54) is 64.2 Å². The molecule has 2 aliphatic rings. The third-order valence-corrected chi connectivity index (χ3v) is 6.17. The smallest absolute Gasteiger partial charge is 0.271 e. The highest BCUT2D eigenvalue weighted by atomic mass is 16.1. The van der Waals surface area contributed by atoms with Gasteiger partial charge in [0, 0.05) is 19.1 Å². The van der Waals surface area contributed by atoms with E-state index in [4.69, 9.17) is 10.7 Å². The van der Waals surface area contributed by atoms with E-state index in [1.807, 2.05) is 0 Å². The second kappa shape index (κ2) is 10.6. The van der Waals surface area contributed by atoms with Crippen molar-refractivity contribution in [3.63, 3.8) is 0 Å².